The van der Waals surface area contributed by atoms with Gasteiger partial charge in [0.2, 0.25) is 0 Å². The number of ether oxygens (including phenoxy) is 2. The lowest BCUT2D eigenvalue weighted by atomic mass is 9.91. The minimum Gasteiger partial charge on any atom is -0.487 e. The van der Waals surface area contributed by atoms with E-state index in [-0.39, 0.29) is 12.2 Å². The molecule has 0 radical (unpaired) electrons. The Labute approximate surface area is 105 Å². The van der Waals surface area contributed by atoms with Gasteiger partial charge in [-0.05, 0) is 31.0 Å². The third-order valence-corrected chi connectivity index (χ3v) is 3.97. The van der Waals surface area contributed by atoms with Gasteiger partial charge in [-0.3, -0.25) is 0 Å². The van der Waals surface area contributed by atoms with E-state index in [0.717, 1.165) is 12.2 Å². The number of aryl methyl sites for hydroxylation is 2. The second-order valence-corrected chi connectivity index (χ2v) is 5.55. The van der Waals surface area contributed by atoms with Crippen LogP contribution in [0.4, 0.5) is 0 Å². The lowest BCUT2D eigenvalue weighted by Gasteiger charge is -2.40. The zero-order chi connectivity index (χ0) is 11.7. The first kappa shape index (κ1) is 11.9. The van der Waals surface area contributed by atoms with Crippen molar-refractivity contribution in [3.05, 3.63) is 29.3 Å². The summed E-state index contributed by atoms with van der Waals surface area (Å²) in [5.74, 6) is 0.978. The van der Waals surface area contributed by atoms with Gasteiger partial charge in [-0.1, -0.05) is 28.1 Å². The van der Waals surface area contributed by atoms with Crippen LogP contribution in [0, 0.1) is 13.8 Å². The summed E-state index contributed by atoms with van der Waals surface area (Å²) in [7, 11) is 1.73. The summed E-state index contributed by atoms with van der Waals surface area (Å²) in [6.45, 7) is 4.15. The van der Waals surface area contributed by atoms with Crippen molar-refractivity contribution in [3.8, 4) is 5.75 Å². The van der Waals surface area contributed by atoms with Crippen molar-refractivity contribution >= 4 is 15.9 Å². The van der Waals surface area contributed by atoms with Crippen molar-refractivity contribution in [2.75, 3.05) is 7.11 Å². The van der Waals surface area contributed by atoms with Gasteiger partial charge in [0, 0.05) is 18.4 Å². The largest absolute Gasteiger partial charge is 0.487 e. The Morgan fingerprint density at radius 2 is 2.06 bits per heavy atom. The fourth-order valence-electron chi connectivity index (χ4n) is 1.94. The number of alkyl halides is 1. The topological polar surface area (TPSA) is 18.5 Å². The lowest BCUT2D eigenvalue weighted by molar-refractivity contribution is -0.0547. The molecule has 1 aliphatic rings. The molecule has 0 saturated heterocycles. The van der Waals surface area contributed by atoms with E-state index >= 15 is 0 Å². The Balaban J connectivity index is 2.07. The highest BCUT2D eigenvalue weighted by molar-refractivity contribution is 9.09. The molecule has 2 rings (SSSR count). The van der Waals surface area contributed by atoms with Gasteiger partial charge in [0.25, 0.3) is 0 Å². The van der Waals surface area contributed by atoms with Crippen LogP contribution in [0.3, 0.4) is 0 Å². The first-order valence-electron chi connectivity index (χ1n) is 5.52. The molecule has 0 bridgehead atoms. The molecular weight excluding hydrogens is 268 g/mol. The highest BCUT2D eigenvalue weighted by Crippen LogP contribution is 2.34. The quantitative estimate of drug-likeness (QED) is 0.794. The maximum atomic E-state index is 5.98. The van der Waals surface area contributed by atoms with E-state index in [4.69, 9.17) is 9.47 Å². The molecule has 3 atom stereocenters. The van der Waals surface area contributed by atoms with Crippen molar-refractivity contribution in [2.45, 2.75) is 37.3 Å². The summed E-state index contributed by atoms with van der Waals surface area (Å²) >= 11 is 3.57. The first-order valence-corrected chi connectivity index (χ1v) is 6.44. The molecule has 1 saturated carbocycles. The number of hydrogen-bond donors (Lipinski definition) is 0. The smallest absolute Gasteiger partial charge is 0.127 e. The molecule has 1 fully saturated rings. The van der Waals surface area contributed by atoms with E-state index < -0.39 is 0 Å². The number of hydrogen-bond acceptors (Lipinski definition) is 2. The normalized spacial score (nSPS) is 28.6. The monoisotopic (exact) mass is 284 g/mol. The fourth-order valence-corrected chi connectivity index (χ4v) is 2.86. The molecule has 0 amide bonds. The third kappa shape index (κ3) is 2.25. The maximum Gasteiger partial charge on any atom is 0.127 e. The van der Waals surface area contributed by atoms with Crippen LogP contribution in [0.5, 0.6) is 5.75 Å². The molecule has 16 heavy (non-hydrogen) atoms. The Kier molecular flexibility index (Phi) is 3.55. The highest BCUT2D eigenvalue weighted by Gasteiger charge is 2.41. The average Bonchev–Trinajstić information content (AvgIpc) is 2.23. The van der Waals surface area contributed by atoms with Crippen LogP contribution in [0.2, 0.25) is 0 Å². The Morgan fingerprint density at radius 1 is 1.31 bits per heavy atom. The number of methoxy groups -OCH3 is 1. The van der Waals surface area contributed by atoms with Crippen molar-refractivity contribution in [1.29, 1.82) is 0 Å². The summed E-state index contributed by atoms with van der Waals surface area (Å²) in [4.78, 5) is 0.424. The maximum absolute atomic E-state index is 5.98. The van der Waals surface area contributed by atoms with Crippen LogP contribution in [0.1, 0.15) is 17.5 Å². The minimum atomic E-state index is 0.167. The molecule has 1 aromatic carbocycles. The molecule has 0 N–H and O–H groups in total. The summed E-state index contributed by atoms with van der Waals surface area (Å²) in [6.07, 6.45) is 1.35. The molecule has 2 nitrogen and oxygen atoms in total. The van der Waals surface area contributed by atoms with Gasteiger partial charge < -0.3 is 9.47 Å². The van der Waals surface area contributed by atoms with Crippen LogP contribution in [-0.4, -0.2) is 24.1 Å². The summed E-state index contributed by atoms with van der Waals surface area (Å²) in [5, 5.41) is 0. The van der Waals surface area contributed by atoms with Gasteiger partial charge >= 0.3 is 0 Å². The predicted octanol–water partition coefficient (Wildman–Crippen LogP) is 3.23. The molecule has 1 aliphatic carbocycles. The Morgan fingerprint density at radius 3 is 2.69 bits per heavy atom. The Hall–Kier alpha value is -0.540. The van der Waals surface area contributed by atoms with E-state index in [2.05, 4.69) is 48.0 Å². The van der Waals surface area contributed by atoms with Gasteiger partial charge in [-0.15, -0.1) is 0 Å². The van der Waals surface area contributed by atoms with E-state index in [0.29, 0.717) is 4.83 Å². The van der Waals surface area contributed by atoms with Crippen LogP contribution < -0.4 is 4.74 Å². The lowest BCUT2D eigenvalue weighted by Crippen LogP contribution is -2.51. The van der Waals surface area contributed by atoms with Crippen molar-refractivity contribution in [3.63, 3.8) is 0 Å². The molecule has 3 heteroatoms. The van der Waals surface area contributed by atoms with Gasteiger partial charge in [-0.2, -0.15) is 0 Å². The van der Waals surface area contributed by atoms with E-state index in [9.17, 15) is 0 Å². The van der Waals surface area contributed by atoms with E-state index in [1.54, 1.807) is 7.11 Å². The number of rotatable bonds is 3. The molecule has 88 valence electrons. The SMILES string of the molecule is COC1C(Br)CC1Oc1cc(C)ccc1C. The second-order valence-electron chi connectivity index (χ2n) is 4.38. The van der Waals surface area contributed by atoms with Crippen LogP contribution in [-0.2, 0) is 4.74 Å². The highest BCUT2D eigenvalue weighted by atomic mass is 79.9. The second kappa shape index (κ2) is 4.76. The molecule has 0 aliphatic heterocycles. The van der Waals surface area contributed by atoms with Crippen LogP contribution in [0.15, 0.2) is 18.2 Å². The zero-order valence-corrected chi connectivity index (χ0v) is 11.5. The van der Waals surface area contributed by atoms with Gasteiger partial charge in [0.15, 0.2) is 0 Å². The fraction of sp³-hybridized carbons (Fsp3) is 0.538. The average molecular weight is 285 g/mol. The van der Waals surface area contributed by atoms with E-state index in [1.807, 2.05) is 0 Å². The summed E-state index contributed by atoms with van der Waals surface area (Å²) < 4.78 is 11.4. The summed E-state index contributed by atoms with van der Waals surface area (Å²) in [6, 6.07) is 6.28. The van der Waals surface area contributed by atoms with Gasteiger partial charge in [0.1, 0.15) is 18.0 Å². The molecular formula is C13H17BrO2. The van der Waals surface area contributed by atoms with Crippen molar-refractivity contribution in [2.24, 2.45) is 0 Å². The van der Waals surface area contributed by atoms with Gasteiger partial charge in [-0.25, -0.2) is 0 Å². The molecule has 1 aromatic rings. The van der Waals surface area contributed by atoms with Crippen LogP contribution in [0.25, 0.3) is 0 Å². The van der Waals surface area contributed by atoms with Gasteiger partial charge in [0.05, 0.1) is 0 Å². The van der Waals surface area contributed by atoms with E-state index in [1.165, 1.54) is 11.1 Å². The first-order chi connectivity index (χ1) is 7.61. The standard InChI is InChI=1S/C13H17BrO2/c1-8-4-5-9(2)11(6-8)16-12-7-10(14)13(12)15-3/h4-6,10,12-13H,7H2,1-3H3. The van der Waals surface area contributed by atoms with Crippen molar-refractivity contribution in [1.82, 2.24) is 0 Å². The number of halogens is 1. The molecule has 0 heterocycles. The number of benzene rings is 1. The molecule has 0 aromatic heterocycles. The zero-order valence-electron chi connectivity index (χ0n) is 9.87. The third-order valence-electron chi connectivity index (χ3n) is 3.07. The van der Waals surface area contributed by atoms with Crippen molar-refractivity contribution < 1.29 is 9.47 Å². The molecule has 0 spiro atoms. The summed E-state index contributed by atoms with van der Waals surface area (Å²) in [5.41, 5.74) is 2.41. The Bertz CT molecular complexity index is 378. The van der Waals surface area contributed by atoms with Crippen LogP contribution >= 0.6 is 15.9 Å². The minimum absolute atomic E-state index is 0.167. The molecule has 3 unspecified atom stereocenters. The predicted molar refractivity (Wildman–Crippen MR) is 68.5 cm³/mol.